The summed E-state index contributed by atoms with van der Waals surface area (Å²) in [6.07, 6.45) is -1.64. The van der Waals surface area contributed by atoms with Crippen LogP contribution in [0.2, 0.25) is 0 Å². The standard InChI is InChI=1S/C10H11ClN4O5/c11-10(7(18)6(17)4(1-16)20-10)15-3-14-5-8(15)12-2-13-9(5)19/h2-4,6-7,16-18H,1H2,(H,12,13,19)/t4-,6-,7-,10+/m1/s1. The molecule has 1 aliphatic rings. The lowest BCUT2D eigenvalue weighted by atomic mass is 10.1. The average molecular weight is 303 g/mol. The quantitative estimate of drug-likeness (QED) is 0.492. The van der Waals surface area contributed by atoms with Crippen LogP contribution in [0.25, 0.3) is 11.2 Å². The first-order valence-electron chi connectivity index (χ1n) is 5.70. The van der Waals surface area contributed by atoms with Gasteiger partial charge in [0.15, 0.2) is 11.2 Å². The highest BCUT2D eigenvalue weighted by molar-refractivity contribution is 6.22. The Morgan fingerprint density at radius 1 is 1.35 bits per heavy atom. The number of nitrogens with zero attached hydrogens (tertiary/aromatic N) is 4. The van der Waals surface area contributed by atoms with Crippen LogP contribution < -0.4 is 0 Å². The highest BCUT2D eigenvalue weighted by Crippen LogP contribution is 2.40. The van der Waals surface area contributed by atoms with Gasteiger partial charge in [-0.3, -0.25) is 4.57 Å². The summed E-state index contributed by atoms with van der Waals surface area (Å²) in [6, 6.07) is 0. The molecule has 3 heterocycles. The number of halogens is 1. The summed E-state index contributed by atoms with van der Waals surface area (Å²) in [6.45, 7) is -0.514. The van der Waals surface area contributed by atoms with Gasteiger partial charge in [-0.05, 0) is 0 Å². The van der Waals surface area contributed by atoms with Crippen molar-refractivity contribution in [3.05, 3.63) is 12.7 Å². The molecule has 1 fully saturated rings. The molecular weight excluding hydrogens is 292 g/mol. The van der Waals surface area contributed by atoms with Crippen molar-refractivity contribution >= 4 is 22.8 Å². The second-order valence-corrected chi connectivity index (χ2v) is 4.91. The van der Waals surface area contributed by atoms with Crippen LogP contribution in [0.1, 0.15) is 0 Å². The number of aromatic nitrogens is 4. The minimum atomic E-state index is -1.89. The SMILES string of the molecule is OC[C@H]1O[C@@](Cl)(n2cnc3c(O)ncnc32)[C@H](O)[C@@H]1O. The number of imidazole rings is 1. The summed E-state index contributed by atoms with van der Waals surface area (Å²) < 4.78 is 6.47. The molecule has 0 unspecified atom stereocenters. The van der Waals surface area contributed by atoms with Gasteiger partial charge in [-0.25, -0.2) is 9.97 Å². The van der Waals surface area contributed by atoms with E-state index in [-0.39, 0.29) is 17.0 Å². The van der Waals surface area contributed by atoms with Gasteiger partial charge in [-0.2, -0.15) is 4.98 Å². The normalized spacial score (nSPS) is 33.9. The van der Waals surface area contributed by atoms with Crippen LogP contribution in [0, 0.1) is 0 Å². The maximum Gasteiger partial charge on any atom is 0.255 e. The summed E-state index contributed by atoms with van der Waals surface area (Å²) in [4.78, 5) is 11.4. The second kappa shape index (κ2) is 4.50. The van der Waals surface area contributed by atoms with Gasteiger partial charge in [0, 0.05) is 0 Å². The molecule has 1 saturated heterocycles. The van der Waals surface area contributed by atoms with E-state index in [1.807, 2.05) is 0 Å². The Bertz CT molecular complexity index is 652. The summed E-state index contributed by atoms with van der Waals surface area (Å²) in [7, 11) is 0. The van der Waals surface area contributed by atoms with E-state index in [9.17, 15) is 15.3 Å². The molecule has 9 nitrogen and oxygen atoms in total. The third-order valence-electron chi connectivity index (χ3n) is 3.21. The van der Waals surface area contributed by atoms with E-state index >= 15 is 0 Å². The highest BCUT2D eigenvalue weighted by atomic mass is 35.5. The molecule has 4 atom stereocenters. The number of aliphatic hydroxyl groups excluding tert-OH is 3. The van der Waals surface area contributed by atoms with E-state index in [1.165, 1.54) is 6.33 Å². The molecule has 3 rings (SSSR count). The smallest absolute Gasteiger partial charge is 0.255 e. The molecule has 2 aromatic heterocycles. The van der Waals surface area contributed by atoms with Crippen LogP contribution in [-0.2, 0) is 9.92 Å². The first-order chi connectivity index (χ1) is 9.49. The van der Waals surface area contributed by atoms with E-state index in [4.69, 9.17) is 21.4 Å². The van der Waals surface area contributed by atoms with Gasteiger partial charge in [0.2, 0.25) is 5.88 Å². The zero-order valence-corrected chi connectivity index (χ0v) is 10.7. The lowest BCUT2D eigenvalue weighted by molar-refractivity contribution is -0.0838. The van der Waals surface area contributed by atoms with Crippen LogP contribution in [-0.4, -0.2) is 64.9 Å². The van der Waals surface area contributed by atoms with Crippen LogP contribution in [0.4, 0.5) is 0 Å². The van der Waals surface area contributed by atoms with Crippen LogP contribution in [0.15, 0.2) is 12.7 Å². The van der Waals surface area contributed by atoms with Crippen molar-refractivity contribution in [1.82, 2.24) is 19.5 Å². The van der Waals surface area contributed by atoms with E-state index in [0.29, 0.717) is 0 Å². The van der Waals surface area contributed by atoms with Gasteiger partial charge >= 0.3 is 0 Å². The number of rotatable bonds is 2. The molecule has 0 bridgehead atoms. The summed E-state index contributed by atoms with van der Waals surface area (Å²) >= 11 is 6.23. The van der Waals surface area contributed by atoms with Crippen LogP contribution in [0.5, 0.6) is 5.88 Å². The summed E-state index contributed by atoms with van der Waals surface area (Å²) in [5.74, 6) is -0.347. The van der Waals surface area contributed by atoms with Crippen molar-refractivity contribution in [3.8, 4) is 5.88 Å². The maximum absolute atomic E-state index is 10.0. The van der Waals surface area contributed by atoms with Crippen molar-refractivity contribution in [2.75, 3.05) is 6.61 Å². The molecule has 20 heavy (non-hydrogen) atoms. The van der Waals surface area contributed by atoms with Crippen molar-refractivity contribution in [2.45, 2.75) is 23.5 Å². The van der Waals surface area contributed by atoms with E-state index < -0.39 is 30.1 Å². The minimum Gasteiger partial charge on any atom is -0.492 e. The van der Waals surface area contributed by atoms with Crippen molar-refractivity contribution < 1.29 is 25.2 Å². The molecule has 0 spiro atoms. The van der Waals surface area contributed by atoms with Gasteiger partial charge in [0.1, 0.15) is 31.0 Å². The van der Waals surface area contributed by atoms with Gasteiger partial charge in [0.05, 0.1) is 6.61 Å². The third kappa shape index (κ3) is 1.68. The maximum atomic E-state index is 10.0. The first kappa shape index (κ1) is 13.5. The topological polar surface area (TPSA) is 134 Å². The molecular formula is C10H11ClN4O5. The van der Waals surface area contributed by atoms with Crippen LogP contribution >= 0.6 is 11.6 Å². The second-order valence-electron chi connectivity index (χ2n) is 4.37. The van der Waals surface area contributed by atoms with Gasteiger partial charge < -0.3 is 25.2 Å². The third-order valence-corrected chi connectivity index (χ3v) is 3.70. The molecule has 1 aliphatic heterocycles. The van der Waals surface area contributed by atoms with Crippen molar-refractivity contribution in [3.63, 3.8) is 0 Å². The summed E-state index contributed by atoms with van der Waals surface area (Å²) in [5, 5.41) is 36.6. The molecule has 2 aromatic rings. The van der Waals surface area contributed by atoms with Gasteiger partial charge in [-0.15, -0.1) is 0 Å². The number of aromatic hydroxyl groups is 1. The predicted molar refractivity (Wildman–Crippen MR) is 64.8 cm³/mol. The number of aliphatic hydroxyl groups is 3. The fraction of sp³-hybridized carbons (Fsp3) is 0.500. The van der Waals surface area contributed by atoms with E-state index in [1.54, 1.807) is 0 Å². The highest BCUT2D eigenvalue weighted by Gasteiger charge is 2.55. The Morgan fingerprint density at radius 2 is 2.10 bits per heavy atom. The van der Waals surface area contributed by atoms with Crippen molar-refractivity contribution in [1.29, 1.82) is 0 Å². The molecule has 4 N–H and O–H groups in total. The van der Waals surface area contributed by atoms with Crippen molar-refractivity contribution in [2.24, 2.45) is 0 Å². The fourth-order valence-corrected chi connectivity index (χ4v) is 2.52. The molecule has 0 aromatic carbocycles. The molecule has 0 amide bonds. The molecule has 0 saturated carbocycles. The summed E-state index contributed by atoms with van der Waals surface area (Å²) in [5.41, 5.74) is 0.197. The Morgan fingerprint density at radius 3 is 2.75 bits per heavy atom. The zero-order valence-electron chi connectivity index (χ0n) is 9.96. The molecule has 108 valence electrons. The van der Waals surface area contributed by atoms with Gasteiger partial charge in [-0.1, -0.05) is 11.6 Å². The molecule has 0 aliphatic carbocycles. The van der Waals surface area contributed by atoms with E-state index in [0.717, 1.165) is 10.9 Å². The Labute approximate surface area is 117 Å². The Balaban J connectivity index is 2.13. The Hall–Kier alpha value is -1.52. The largest absolute Gasteiger partial charge is 0.492 e. The lowest BCUT2D eigenvalue weighted by Gasteiger charge is -2.26. The minimum absolute atomic E-state index is 0.0743. The number of alkyl halides is 1. The van der Waals surface area contributed by atoms with Crippen LogP contribution in [0.3, 0.4) is 0 Å². The number of ether oxygens (including phenoxy) is 1. The molecule has 10 heteroatoms. The van der Waals surface area contributed by atoms with Gasteiger partial charge in [0.25, 0.3) is 5.18 Å². The predicted octanol–water partition coefficient (Wildman–Crippen LogP) is -1.51. The monoisotopic (exact) mass is 302 g/mol. The lowest BCUT2D eigenvalue weighted by Crippen LogP contribution is -2.41. The number of fused-ring (bicyclic) bond motifs is 1. The van der Waals surface area contributed by atoms with E-state index in [2.05, 4.69) is 15.0 Å². The number of hydrogen-bond donors (Lipinski definition) is 4. The Kier molecular flexibility index (Phi) is 3.03. The number of hydrogen-bond acceptors (Lipinski definition) is 8. The average Bonchev–Trinajstić information content (AvgIpc) is 2.96. The molecule has 0 radical (unpaired) electrons. The zero-order chi connectivity index (χ0) is 14.5. The fourth-order valence-electron chi connectivity index (χ4n) is 2.16. The first-order valence-corrected chi connectivity index (χ1v) is 6.08.